The molecule has 1 aromatic heterocycles. The smallest absolute Gasteiger partial charge is 0.163 e. The molecule has 0 atom stereocenters. The molecule has 0 bridgehead atoms. The summed E-state index contributed by atoms with van der Waals surface area (Å²) in [5.74, 6) is 1.32. The summed E-state index contributed by atoms with van der Waals surface area (Å²) in [5.41, 5.74) is 8.29. The Balaban J connectivity index is 2.03. The van der Waals surface area contributed by atoms with Gasteiger partial charge in [-0.3, -0.25) is 0 Å². The molecule has 1 heterocycles. The Morgan fingerprint density at radius 3 is 1.89 bits per heavy atom. The Kier molecular flexibility index (Phi) is 2.90. The number of aromatic nitrogens is 3. The predicted octanol–water partition coefficient (Wildman–Crippen LogP) is 2.79. The molecule has 0 aliphatic carbocycles. The number of anilines is 1. The third kappa shape index (κ3) is 2.42. The van der Waals surface area contributed by atoms with Gasteiger partial charge >= 0.3 is 0 Å². The molecular weight excluding hydrogens is 236 g/mol. The lowest BCUT2D eigenvalue weighted by Crippen LogP contribution is -1.95. The van der Waals surface area contributed by atoms with Crippen LogP contribution in [-0.4, -0.2) is 15.0 Å². The molecule has 3 rings (SSSR count). The minimum atomic E-state index is 0.647. The molecule has 92 valence electrons. The average molecular weight is 248 g/mol. The van der Waals surface area contributed by atoms with E-state index in [1.807, 2.05) is 54.6 Å². The number of nitrogens with zero attached hydrogens (tertiary/aromatic N) is 3. The molecule has 0 saturated heterocycles. The van der Waals surface area contributed by atoms with Crippen molar-refractivity contribution in [2.45, 2.75) is 0 Å². The van der Waals surface area contributed by atoms with Crippen molar-refractivity contribution in [3.63, 3.8) is 0 Å². The van der Waals surface area contributed by atoms with Crippen molar-refractivity contribution < 1.29 is 0 Å². The second-order valence-electron chi connectivity index (χ2n) is 4.12. The van der Waals surface area contributed by atoms with Crippen LogP contribution in [-0.2, 0) is 0 Å². The number of benzene rings is 2. The van der Waals surface area contributed by atoms with E-state index in [2.05, 4.69) is 15.0 Å². The van der Waals surface area contributed by atoms with Gasteiger partial charge in [-0.1, -0.05) is 30.3 Å². The van der Waals surface area contributed by atoms with Gasteiger partial charge in [0.25, 0.3) is 0 Å². The van der Waals surface area contributed by atoms with E-state index in [9.17, 15) is 0 Å². The average Bonchev–Trinajstić information content (AvgIpc) is 2.49. The number of hydrogen-bond acceptors (Lipinski definition) is 4. The molecule has 0 spiro atoms. The maximum absolute atomic E-state index is 5.67. The van der Waals surface area contributed by atoms with Crippen LogP contribution in [0.4, 0.5) is 5.69 Å². The van der Waals surface area contributed by atoms with Gasteiger partial charge in [0.05, 0.1) is 0 Å². The zero-order chi connectivity index (χ0) is 13.1. The van der Waals surface area contributed by atoms with Crippen LogP contribution in [0.2, 0.25) is 0 Å². The second kappa shape index (κ2) is 4.86. The summed E-state index contributed by atoms with van der Waals surface area (Å²) in [6.45, 7) is 0. The van der Waals surface area contributed by atoms with Crippen molar-refractivity contribution >= 4 is 5.69 Å². The first-order valence-electron chi connectivity index (χ1n) is 5.93. The number of rotatable bonds is 2. The van der Waals surface area contributed by atoms with E-state index in [0.29, 0.717) is 11.6 Å². The highest BCUT2D eigenvalue weighted by Gasteiger charge is 2.05. The number of hydrogen-bond donors (Lipinski definition) is 1. The maximum atomic E-state index is 5.67. The predicted molar refractivity (Wildman–Crippen MR) is 75.1 cm³/mol. The highest BCUT2D eigenvalue weighted by atomic mass is 15.0. The fraction of sp³-hybridized carbons (Fsp3) is 0. The first-order valence-corrected chi connectivity index (χ1v) is 5.93. The third-order valence-electron chi connectivity index (χ3n) is 2.77. The summed E-state index contributed by atoms with van der Waals surface area (Å²) < 4.78 is 0. The van der Waals surface area contributed by atoms with Crippen LogP contribution in [0.5, 0.6) is 0 Å². The summed E-state index contributed by atoms with van der Waals surface area (Å²) in [4.78, 5) is 12.9. The minimum Gasteiger partial charge on any atom is -0.399 e. The Morgan fingerprint density at radius 1 is 0.684 bits per heavy atom. The summed E-state index contributed by atoms with van der Waals surface area (Å²) >= 11 is 0. The molecule has 4 nitrogen and oxygen atoms in total. The van der Waals surface area contributed by atoms with E-state index < -0.39 is 0 Å². The first kappa shape index (κ1) is 11.3. The van der Waals surface area contributed by atoms with E-state index in [1.165, 1.54) is 6.33 Å². The molecule has 19 heavy (non-hydrogen) atoms. The Labute approximate surface area is 111 Å². The SMILES string of the molecule is Nc1ccc(-c2ncnc(-c3ccccc3)n2)cc1. The van der Waals surface area contributed by atoms with Crippen molar-refractivity contribution in [2.24, 2.45) is 0 Å². The minimum absolute atomic E-state index is 0.647. The van der Waals surface area contributed by atoms with Crippen molar-refractivity contribution in [3.8, 4) is 22.8 Å². The van der Waals surface area contributed by atoms with Crippen LogP contribution in [0.3, 0.4) is 0 Å². The van der Waals surface area contributed by atoms with Gasteiger partial charge in [-0.05, 0) is 24.3 Å². The van der Waals surface area contributed by atoms with E-state index in [-0.39, 0.29) is 0 Å². The van der Waals surface area contributed by atoms with E-state index in [0.717, 1.165) is 16.8 Å². The molecule has 0 aliphatic rings. The molecule has 3 aromatic rings. The lowest BCUT2D eigenvalue weighted by atomic mass is 10.2. The molecular formula is C15H12N4. The quantitative estimate of drug-likeness (QED) is 0.708. The number of nitrogen functional groups attached to an aromatic ring is 1. The van der Waals surface area contributed by atoms with Crippen molar-refractivity contribution in [2.75, 3.05) is 5.73 Å². The fourth-order valence-electron chi connectivity index (χ4n) is 1.79. The van der Waals surface area contributed by atoms with Crippen LogP contribution < -0.4 is 5.73 Å². The van der Waals surface area contributed by atoms with Gasteiger partial charge in [0, 0.05) is 16.8 Å². The summed E-state index contributed by atoms with van der Waals surface area (Å²) in [6, 6.07) is 17.3. The normalized spacial score (nSPS) is 10.3. The third-order valence-corrected chi connectivity index (χ3v) is 2.77. The largest absolute Gasteiger partial charge is 0.399 e. The van der Waals surface area contributed by atoms with E-state index in [4.69, 9.17) is 5.73 Å². The van der Waals surface area contributed by atoms with Gasteiger partial charge in [-0.25, -0.2) is 15.0 Å². The second-order valence-corrected chi connectivity index (χ2v) is 4.12. The van der Waals surface area contributed by atoms with Crippen molar-refractivity contribution in [1.29, 1.82) is 0 Å². The Bertz CT molecular complexity index is 678. The van der Waals surface area contributed by atoms with Crippen LogP contribution in [0.1, 0.15) is 0 Å². The molecule has 0 saturated carbocycles. The van der Waals surface area contributed by atoms with Gasteiger partial charge in [0.2, 0.25) is 0 Å². The maximum Gasteiger partial charge on any atom is 0.163 e. The lowest BCUT2D eigenvalue weighted by Gasteiger charge is -2.03. The topological polar surface area (TPSA) is 64.7 Å². The monoisotopic (exact) mass is 248 g/mol. The van der Waals surface area contributed by atoms with E-state index in [1.54, 1.807) is 0 Å². The molecule has 0 fully saturated rings. The molecule has 0 amide bonds. The van der Waals surface area contributed by atoms with E-state index >= 15 is 0 Å². The Morgan fingerprint density at radius 2 is 1.26 bits per heavy atom. The first-order chi connectivity index (χ1) is 9.33. The number of nitrogens with two attached hydrogens (primary N) is 1. The molecule has 2 aromatic carbocycles. The summed E-state index contributed by atoms with van der Waals surface area (Å²) in [7, 11) is 0. The van der Waals surface area contributed by atoms with Gasteiger partial charge in [0.15, 0.2) is 11.6 Å². The van der Waals surface area contributed by atoms with Gasteiger partial charge in [-0.15, -0.1) is 0 Å². The molecule has 4 heteroatoms. The standard InChI is InChI=1S/C15H12N4/c16-13-8-6-12(7-9-13)15-18-10-17-14(19-15)11-4-2-1-3-5-11/h1-10H,16H2. The zero-order valence-electron chi connectivity index (χ0n) is 10.2. The lowest BCUT2D eigenvalue weighted by molar-refractivity contribution is 1.07. The highest BCUT2D eigenvalue weighted by Crippen LogP contribution is 2.19. The van der Waals surface area contributed by atoms with Crippen LogP contribution >= 0.6 is 0 Å². The van der Waals surface area contributed by atoms with Gasteiger partial charge < -0.3 is 5.73 Å². The van der Waals surface area contributed by atoms with Gasteiger partial charge in [0.1, 0.15) is 6.33 Å². The summed E-state index contributed by atoms with van der Waals surface area (Å²) in [6.07, 6.45) is 1.53. The summed E-state index contributed by atoms with van der Waals surface area (Å²) in [5, 5.41) is 0. The molecule has 0 unspecified atom stereocenters. The highest BCUT2D eigenvalue weighted by molar-refractivity contribution is 5.62. The fourth-order valence-corrected chi connectivity index (χ4v) is 1.79. The molecule has 2 N–H and O–H groups in total. The van der Waals surface area contributed by atoms with Crippen LogP contribution in [0.15, 0.2) is 60.9 Å². The van der Waals surface area contributed by atoms with Gasteiger partial charge in [-0.2, -0.15) is 0 Å². The van der Waals surface area contributed by atoms with Crippen LogP contribution in [0, 0.1) is 0 Å². The zero-order valence-corrected chi connectivity index (χ0v) is 10.2. The Hall–Kier alpha value is -2.75. The van der Waals surface area contributed by atoms with Crippen molar-refractivity contribution in [3.05, 3.63) is 60.9 Å². The van der Waals surface area contributed by atoms with Crippen LogP contribution in [0.25, 0.3) is 22.8 Å². The van der Waals surface area contributed by atoms with Crippen molar-refractivity contribution in [1.82, 2.24) is 15.0 Å². The molecule has 0 radical (unpaired) electrons. The molecule has 0 aliphatic heterocycles.